The maximum absolute atomic E-state index is 12.0. The second kappa shape index (κ2) is 7.75. The van der Waals surface area contributed by atoms with Crippen molar-refractivity contribution in [2.24, 2.45) is 0 Å². The number of nitrogens with zero attached hydrogens (tertiary/aromatic N) is 1. The van der Waals surface area contributed by atoms with Gasteiger partial charge in [-0.2, -0.15) is 5.06 Å². The van der Waals surface area contributed by atoms with Gasteiger partial charge in [0.1, 0.15) is 6.10 Å². The largest absolute Gasteiger partial charge is 0.394 e. The van der Waals surface area contributed by atoms with Crippen LogP contribution in [0.15, 0.2) is 0 Å². The zero-order chi connectivity index (χ0) is 18.7. The van der Waals surface area contributed by atoms with Crippen LogP contribution in [0.5, 0.6) is 0 Å². The molecule has 1 aliphatic rings. The zero-order valence-electron chi connectivity index (χ0n) is 14.6. The fraction of sp³-hybridized carbons (Fsp3) is 0.867. The molecule has 2 amide bonds. The molecule has 0 saturated carbocycles. The Kier molecular flexibility index (Phi) is 6.71. The van der Waals surface area contributed by atoms with E-state index in [0.29, 0.717) is 12.8 Å². The van der Waals surface area contributed by atoms with Gasteiger partial charge in [0, 0.05) is 23.7 Å². The molecule has 0 aromatic heterocycles. The van der Waals surface area contributed by atoms with Crippen LogP contribution in [0, 0.1) is 0 Å². The van der Waals surface area contributed by atoms with Crippen molar-refractivity contribution < 1.29 is 30.1 Å². The van der Waals surface area contributed by atoms with E-state index in [1.165, 1.54) is 5.06 Å². The van der Waals surface area contributed by atoms with Crippen molar-refractivity contribution in [1.29, 1.82) is 0 Å². The van der Waals surface area contributed by atoms with E-state index in [0.717, 1.165) is 0 Å². The molecule has 0 aliphatic carbocycles. The average Bonchev–Trinajstić information content (AvgIpc) is 2.48. The maximum Gasteiger partial charge on any atom is 0.309 e. The minimum atomic E-state index is -1.39. The summed E-state index contributed by atoms with van der Waals surface area (Å²) in [5.74, 6) is -1.77. The lowest BCUT2D eigenvalue weighted by molar-refractivity contribution is -0.246. The molecular weight excluding hydrogens is 318 g/mol. The summed E-state index contributed by atoms with van der Waals surface area (Å²) in [5.41, 5.74) is -1.12. The van der Waals surface area contributed by atoms with Gasteiger partial charge in [0.25, 0.3) is 0 Å². The maximum atomic E-state index is 12.0. The van der Waals surface area contributed by atoms with E-state index in [1.807, 2.05) is 27.7 Å². The molecule has 1 aliphatic heterocycles. The highest BCUT2D eigenvalue weighted by Crippen LogP contribution is 2.36. The Hall–Kier alpha value is -1.26. The molecule has 0 bridgehead atoms. The van der Waals surface area contributed by atoms with E-state index >= 15 is 0 Å². The Morgan fingerprint density at radius 2 is 1.58 bits per heavy atom. The smallest absolute Gasteiger partial charge is 0.309 e. The molecule has 6 N–H and O–H groups in total. The standard InChI is InChI=1S/C15H29N3O6/c1-14(2)5-9(6-15(3,4)18(14)24)17-13(23)12(22)16-7-10(20)11(21)8-19/h9-11,19-21,24H,5-8H2,1-4H3,(H,16,22)(H,17,23). The molecule has 0 spiro atoms. The van der Waals surface area contributed by atoms with Crippen LogP contribution in [0.25, 0.3) is 0 Å². The summed E-state index contributed by atoms with van der Waals surface area (Å²) in [6.07, 6.45) is -1.80. The van der Waals surface area contributed by atoms with Crippen LogP contribution in [-0.4, -0.2) is 79.9 Å². The van der Waals surface area contributed by atoms with Crippen molar-refractivity contribution in [2.45, 2.75) is 69.9 Å². The number of piperidine rings is 1. The summed E-state index contributed by atoms with van der Waals surface area (Å²) in [7, 11) is 0. The van der Waals surface area contributed by atoms with Crippen LogP contribution in [-0.2, 0) is 9.59 Å². The number of carbonyl (C=O) groups is 2. The first-order valence-electron chi connectivity index (χ1n) is 7.95. The molecule has 140 valence electrons. The second-order valence-electron chi connectivity index (χ2n) is 7.54. The molecule has 1 fully saturated rings. The van der Waals surface area contributed by atoms with Gasteiger partial charge in [-0.05, 0) is 40.5 Å². The van der Waals surface area contributed by atoms with Crippen LogP contribution in [0.1, 0.15) is 40.5 Å². The van der Waals surface area contributed by atoms with Crippen molar-refractivity contribution in [1.82, 2.24) is 15.7 Å². The van der Waals surface area contributed by atoms with Crippen molar-refractivity contribution >= 4 is 11.8 Å². The molecule has 0 aromatic rings. The number of hydrogen-bond donors (Lipinski definition) is 6. The highest BCUT2D eigenvalue weighted by atomic mass is 16.5. The number of aliphatic hydroxyl groups is 3. The summed E-state index contributed by atoms with van der Waals surface area (Å²) in [6.45, 7) is 6.40. The molecule has 1 rings (SSSR count). The Bertz CT molecular complexity index is 450. The Balaban J connectivity index is 2.57. The quantitative estimate of drug-likeness (QED) is 0.327. The first-order valence-corrected chi connectivity index (χ1v) is 7.95. The van der Waals surface area contributed by atoms with E-state index in [4.69, 9.17) is 5.11 Å². The van der Waals surface area contributed by atoms with Crippen LogP contribution in [0.4, 0.5) is 0 Å². The SMILES string of the molecule is CC1(C)CC(NC(=O)C(=O)NCC(O)C(O)CO)CC(C)(C)N1O. The van der Waals surface area contributed by atoms with Gasteiger partial charge in [0.05, 0.1) is 12.7 Å². The molecule has 9 heteroatoms. The van der Waals surface area contributed by atoms with Gasteiger partial charge >= 0.3 is 11.8 Å². The molecule has 2 atom stereocenters. The topological polar surface area (TPSA) is 142 Å². The number of rotatable bonds is 5. The molecule has 9 nitrogen and oxygen atoms in total. The van der Waals surface area contributed by atoms with Gasteiger partial charge in [-0.15, -0.1) is 0 Å². The number of nitrogens with one attached hydrogen (secondary N) is 2. The lowest BCUT2D eigenvalue weighted by Gasteiger charge is -2.51. The molecule has 24 heavy (non-hydrogen) atoms. The van der Waals surface area contributed by atoms with E-state index in [1.54, 1.807) is 0 Å². The van der Waals surface area contributed by atoms with Crippen LogP contribution >= 0.6 is 0 Å². The van der Waals surface area contributed by atoms with Crippen LogP contribution in [0.2, 0.25) is 0 Å². The minimum absolute atomic E-state index is 0.287. The van der Waals surface area contributed by atoms with Crippen LogP contribution < -0.4 is 10.6 Å². The average molecular weight is 347 g/mol. The van der Waals surface area contributed by atoms with Gasteiger partial charge in [-0.1, -0.05) is 0 Å². The number of amides is 2. The summed E-state index contributed by atoms with van der Waals surface area (Å²) in [6, 6.07) is -0.287. The van der Waals surface area contributed by atoms with Gasteiger partial charge in [0.2, 0.25) is 0 Å². The number of carbonyl (C=O) groups excluding carboxylic acids is 2. The molecule has 2 unspecified atom stereocenters. The van der Waals surface area contributed by atoms with Crippen molar-refractivity contribution in [2.75, 3.05) is 13.2 Å². The summed E-state index contributed by atoms with van der Waals surface area (Å²) in [5, 5.41) is 43.7. The number of aliphatic hydroxyl groups excluding tert-OH is 3. The van der Waals surface area contributed by atoms with Gasteiger partial charge < -0.3 is 31.2 Å². The Labute approximate surface area is 141 Å². The molecule has 1 heterocycles. The predicted octanol–water partition coefficient (Wildman–Crippen LogP) is -1.66. The van der Waals surface area contributed by atoms with E-state index in [-0.39, 0.29) is 12.6 Å². The zero-order valence-corrected chi connectivity index (χ0v) is 14.6. The summed E-state index contributed by atoms with van der Waals surface area (Å²) >= 11 is 0. The molecular formula is C15H29N3O6. The Morgan fingerprint density at radius 3 is 2.04 bits per heavy atom. The monoisotopic (exact) mass is 347 g/mol. The van der Waals surface area contributed by atoms with Gasteiger partial charge in [0.15, 0.2) is 0 Å². The summed E-state index contributed by atoms with van der Waals surface area (Å²) < 4.78 is 0. The highest BCUT2D eigenvalue weighted by Gasteiger charge is 2.45. The molecule has 1 saturated heterocycles. The number of hydroxylamine groups is 2. The lowest BCUT2D eigenvalue weighted by Crippen LogP contribution is -2.63. The molecule has 0 aromatic carbocycles. The summed E-state index contributed by atoms with van der Waals surface area (Å²) in [4.78, 5) is 23.8. The van der Waals surface area contributed by atoms with Crippen molar-refractivity contribution in [3.05, 3.63) is 0 Å². The highest BCUT2D eigenvalue weighted by molar-refractivity contribution is 6.35. The van der Waals surface area contributed by atoms with Gasteiger partial charge in [-0.25, -0.2) is 0 Å². The van der Waals surface area contributed by atoms with E-state index < -0.39 is 41.7 Å². The first kappa shape index (κ1) is 20.8. The number of hydrogen-bond acceptors (Lipinski definition) is 7. The van der Waals surface area contributed by atoms with Gasteiger partial charge in [-0.3, -0.25) is 9.59 Å². The fourth-order valence-corrected chi connectivity index (χ4v) is 3.16. The Morgan fingerprint density at radius 1 is 1.08 bits per heavy atom. The van der Waals surface area contributed by atoms with Crippen molar-refractivity contribution in [3.63, 3.8) is 0 Å². The third-order valence-electron chi connectivity index (χ3n) is 4.28. The predicted molar refractivity (Wildman–Crippen MR) is 85.1 cm³/mol. The fourth-order valence-electron chi connectivity index (χ4n) is 3.16. The third-order valence-corrected chi connectivity index (χ3v) is 4.28. The van der Waals surface area contributed by atoms with Crippen molar-refractivity contribution in [3.8, 4) is 0 Å². The molecule has 0 radical (unpaired) electrons. The lowest BCUT2D eigenvalue weighted by atomic mass is 9.79. The van der Waals surface area contributed by atoms with E-state index in [9.17, 15) is 25.0 Å². The third kappa shape index (κ3) is 5.12. The van der Waals surface area contributed by atoms with E-state index in [2.05, 4.69) is 10.6 Å². The normalized spacial score (nSPS) is 23.3. The first-order chi connectivity index (χ1) is 10.9. The minimum Gasteiger partial charge on any atom is -0.394 e. The second-order valence-corrected chi connectivity index (χ2v) is 7.54. The van der Waals surface area contributed by atoms with Crippen LogP contribution in [0.3, 0.4) is 0 Å².